The number of carboxylic acids is 1. The van der Waals surface area contributed by atoms with Gasteiger partial charge in [-0.2, -0.15) is 0 Å². The summed E-state index contributed by atoms with van der Waals surface area (Å²) in [5.41, 5.74) is 3.21. The van der Waals surface area contributed by atoms with Gasteiger partial charge in [0.15, 0.2) is 0 Å². The quantitative estimate of drug-likeness (QED) is 0.832. The van der Waals surface area contributed by atoms with Crippen molar-refractivity contribution >= 4 is 21.9 Å². The lowest BCUT2D eigenvalue weighted by Crippen LogP contribution is -2.13. The van der Waals surface area contributed by atoms with Crippen molar-refractivity contribution in [2.75, 3.05) is 0 Å². The Hall–Kier alpha value is -1.65. The number of carbonyl (C=O) groups is 1. The molecule has 0 spiro atoms. The van der Waals surface area contributed by atoms with Gasteiger partial charge in [-0.1, -0.05) is 52.3 Å². The molecule has 110 valence electrons. The molecule has 21 heavy (non-hydrogen) atoms. The van der Waals surface area contributed by atoms with Crippen molar-refractivity contribution in [3.05, 3.63) is 69.7 Å². The Kier molecular flexibility index (Phi) is 5.53. The number of benzene rings is 2. The van der Waals surface area contributed by atoms with Crippen LogP contribution in [0.25, 0.3) is 0 Å². The maximum absolute atomic E-state index is 10.9. The van der Waals surface area contributed by atoms with Crippen LogP contribution < -0.4 is 5.32 Å². The molecule has 0 heterocycles. The summed E-state index contributed by atoms with van der Waals surface area (Å²) in [6.45, 7) is 3.27. The number of hydrogen-bond donors (Lipinski definition) is 2. The third-order valence-corrected chi connectivity index (χ3v) is 3.95. The maximum Gasteiger partial charge on any atom is 0.310 e. The molecule has 2 aromatic rings. The fourth-order valence-electron chi connectivity index (χ4n) is 2.02. The van der Waals surface area contributed by atoms with Crippen molar-refractivity contribution in [2.24, 2.45) is 0 Å². The van der Waals surface area contributed by atoms with Crippen molar-refractivity contribution in [2.45, 2.75) is 25.9 Å². The molecule has 2 aromatic carbocycles. The monoisotopic (exact) mass is 347 g/mol. The fraction of sp³-hybridized carbons (Fsp3) is 0.235. The molecule has 0 bridgehead atoms. The van der Waals surface area contributed by atoms with Crippen molar-refractivity contribution in [1.82, 2.24) is 5.32 Å². The Morgan fingerprint density at radius 1 is 1.05 bits per heavy atom. The Bertz CT molecular complexity index is 593. The lowest BCUT2D eigenvalue weighted by Gasteiger charge is -2.09. The van der Waals surface area contributed by atoms with Gasteiger partial charge in [0.1, 0.15) is 0 Å². The number of nitrogens with one attached hydrogen (secondary N) is 1. The lowest BCUT2D eigenvalue weighted by molar-refractivity contribution is -0.138. The van der Waals surface area contributed by atoms with E-state index in [9.17, 15) is 4.79 Å². The van der Waals surface area contributed by atoms with Crippen LogP contribution in [-0.4, -0.2) is 11.1 Å². The van der Waals surface area contributed by atoms with Crippen LogP contribution in [0.3, 0.4) is 0 Å². The fourth-order valence-corrected chi connectivity index (χ4v) is 2.28. The highest BCUT2D eigenvalue weighted by molar-refractivity contribution is 9.10. The van der Waals surface area contributed by atoms with E-state index in [1.807, 2.05) is 36.4 Å². The van der Waals surface area contributed by atoms with E-state index in [1.165, 1.54) is 5.56 Å². The largest absolute Gasteiger partial charge is 0.481 e. The van der Waals surface area contributed by atoms with Crippen LogP contribution in [-0.2, 0) is 17.9 Å². The molecule has 0 aliphatic carbocycles. The molecule has 0 radical (unpaired) electrons. The number of rotatable bonds is 6. The molecule has 0 saturated carbocycles. The number of aliphatic carboxylic acids is 1. The smallest absolute Gasteiger partial charge is 0.310 e. The van der Waals surface area contributed by atoms with Gasteiger partial charge in [-0.05, 0) is 35.7 Å². The van der Waals surface area contributed by atoms with E-state index in [-0.39, 0.29) is 0 Å². The van der Waals surface area contributed by atoms with Crippen LogP contribution >= 0.6 is 15.9 Å². The molecule has 4 heteroatoms. The minimum atomic E-state index is -0.795. The summed E-state index contributed by atoms with van der Waals surface area (Å²) in [4.78, 5) is 10.9. The van der Waals surface area contributed by atoms with Crippen LogP contribution in [0.15, 0.2) is 53.0 Å². The highest BCUT2D eigenvalue weighted by Crippen LogP contribution is 2.16. The van der Waals surface area contributed by atoms with E-state index in [0.717, 1.165) is 28.7 Å². The van der Waals surface area contributed by atoms with E-state index in [1.54, 1.807) is 6.92 Å². The number of carboxylic acid groups (broad SMARTS) is 1. The Morgan fingerprint density at radius 3 is 2.00 bits per heavy atom. The number of hydrogen-bond acceptors (Lipinski definition) is 2. The Balaban J connectivity index is 1.86. The molecule has 0 aromatic heterocycles. The van der Waals surface area contributed by atoms with E-state index in [0.29, 0.717) is 0 Å². The molecule has 0 amide bonds. The van der Waals surface area contributed by atoms with Crippen LogP contribution in [0.5, 0.6) is 0 Å². The second-order valence-electron chi connectivity index (χ2n) is 5.03. The molecule has 0 aliphatic heterocycles. The van der Waals surface area contributed by atoms with Crippen LogP contribution in [0.1, 0.15) is 29.5 Å². The van der Waals surface area contributed by atoms with Gasteiger partial charge in [0, 0.05) is 17.6 Å². The zero-order valence-corrected chi connectivity index (χ0v) is 13.4. The van der Waals surface area contributed by atoms with Crippen molar-refractivity contribution < 1.29 is 9.90 Å². The molecule has 0 fully saturated rings. The van der Waals surface area contributed by atoms with Crippen LogP contribution in [0.4, 0.5) is 0 Å². The highest BCUT2D eigenvalue weighted by atomic mass is 79.9. The minimum Gasteiger partial charge on any atom is -0.481 e. The first-order valence-electron chi connectivity index (χ1n) is 6.83. The molecular formula is C17H18BrNO2. The second-order valence-corrected chi connectivity index (χ2v) is 5.95. The van der Waals surface area contributed by atoms with Crippen molar-refractivity contribution in [3.63, 3.8) is 0 Å². The van der Waals surface area contributed by atoms with Gasteiger partial charge in [0.25, 0.3) is 0 Å². The van der Waals surface area contributed by atoms with Gasteiger partial charge in [-0.3, -0.25) is 4.79 Å². The van der Waals surface area contributed by atoms with E-state index in [2.05, 4.69) is 33.4 Å². The van der Waals surface area contributed by atoms with Gasteiger partial charge in [0.2, 0.25) is 0 Å². The van der Waals surface area contributed by atoms with Gasteiger partial charge in [0.05, 0.1) is 5.92 Å². The minimum absolute atomic E-state index is 0.463. The average molecular weight is 348 g/mol. The summed E-state index contributed by atoms with van der Waals surface area (Å²) in [5, 5.41) is 12.4. The lowest BCUT2D eigenvalue weighted by atomic mass is 10.00. The first kappa shape index (κ1) is 15.7. The molecular weight excluding hydrogens is 330 g/mol. The predicted molar refractivity (Wildman–Crippen MR) is 87.2 cm³/mol. The standard InChI is InChI=1S/C17H18BrNO2/c1-12(17(20)21)15-6-2-13(3-7-15)10-19-11-14-4-8-16(18)9-5-14/h2-9,12,19H,10-11H2,1H3,(H,20,21). The maximum atomic E-state index is 10.9. The third-order valence-electron chi connectivity index (χ3n) is 3.42. The second kappa shape index (κ2) is 7.38. The zero-order chi connectivity index (χ0) is 15.2. The average Bonchev–Trinajstić information content (AvgIpc) is 2.49. The number of halogens is 1. The summed E-state index contributed by atoms with van der Waals surface area (Å²) < 4.78 is 1.08. The summed E-state index contributed by atoms with van der Waals surface area (Å²) in [6.07, 6.45) is 0. The summed E-state index contributed by atoms with van der Waals surface area (Å²) in [6, 6.07) is 15.9. The molecule has 2 N–H and O–H groups in total. The first-order chi connectivity index (χ1) is 10.1. The normalized spacial score (nSPS) is 12.1. The van der Waals surface area contributed by atoms with E-state index >= 15 is 0 Å². The molecule has 0 saturated heterocycles. The van der Waals surface area contributed by atoms with Gasteiger partial charge < -0.3 is 10.4 Å². The van der Waals surface area contributed by atoms with Gasteiger partial charge >= 0.3 is 5.97 Å². The third kappa shape index (κ3) is 4.69. The summed E-state index contributed by atoms with van der Waals surface area (Å²) >= 11 is 3.42. The molecule has 2 rings (SSSR count). The van der Waals surface area contributed by atoms with Crippen molar-refractivity contribution in [3.8, 4) is 0 Å². The van der Waals surface area contributed by atoms with Crippen LogP contribution in [0, 0.1) is 0 Å². The Labute approximate surface area is 133 Å². The molecule has 0 aliphatic rings. The molecule has 3 nitrogen and oxygen atoms in total. The van der Waals surface area contributed by atoms with Gasteiger partial charge in [-0.15, -0.1) is 0 Å². The zero-order valence-electron chi connectivity index (χ0n) is 11.8. The van der Waals surface area contributed by atoms with Crippen molar-refractivity contribution in [1.29, 1.82) is 0 Å². The van der Waals surface area contributed by atoms with Crippen LogP contribution in [0.2, 0.25) is 0 Å². The highest BCUT2D eigenvalue weighted by Gasteiger charge is 2.12. The topological polar surface area (TPSA) is 49.3 Å². The Morgan fingerprint density at radius 2 is 1.52 bits per heavy atom. The first-order valence-corrected chi connectivity index (χ1v) is 7.62. The van der Waals surface area contributed by atoms with E-state index < -0.39 is 11.9 Å². The predicted octanol–water partition coefficient (Wildman–Crippen LogP) is 3.93. The van der Waals surface area contributed by atoms with E-state index in [4.69, 9.17) is 5.11 Å². The summed E-state index contributed by atoms with van der Waals surface area (Å²) in [5.74, 6) is -1.26. The SMILES string of the molecule is CC(C(=O)O)c1ccc(CNCc2ccc(Br)cc2)cc1. The molecule has 1 unspecified atom stereocenters. The summed E-state index contributed by atoms with van der Waals surface area (Å²) in [7, 11) is 0. The van der Waals surface area contributed by atoms with Gasteiger partial charge in [-0.25, -0.2) is 0 Å². The molecule has 1 atom stereocenters.